The molecule has 4 aromatic heterocycles. The van der Waals surface area contributed by atoms with Gasteiger partial charge in [0, 0.05) is 113 Å². The number of hydrogen-bond acceptors (Lipinski definition) is 19. The van der Waals surface area contributed by atoms with Crippen LogP contribution in [0.25, 0.3) is 56.2 Å². The van der Waals surface area contributed by atoms with Crippen molar-refractivity contribution >= 4 is 92.3 Å². The van der Waals surface area contributed by atoms with E-state index >= 15 is 8.78 Å². The first-order chi connectivity index (χ1) is 59.5. The van der Waals surface area contributed by atoms with Crippen LogP contribution in [-0.2, 0) is 55.3 Å². The summed E-state index contributed by atoms with van der Waals surface area (Å²) in [6.07, 6.45) is 9.05. The fourth-order valence-electron chi connectivity index (χ4n) is 16.1. The topological polar surface area (TPSA) is 259 Å². The van der Waals surface area contributed by atoms with E-state index in [1.54, 1.807) is 45.9 Å². The predicted molar refractivity (Wildman–Crippen MR) is 504 cm³/mol. The Morgan fingerprint density at radius 1 is 0.512 bits per heavy atom. The van der Waals surface area contributed by atoms with E-state index in [4.69, 9.17) is 42.5 Å². The average Bonchev–Trinajstić information content (AvgIpc) is 1.64. The Kier molecular flexibility index (Phi) is 28.9. The molecule has 7 heterocycles. The van der Waals surface area contributed by atoms with E-state index in [0.717, 1.165) is 89.3 Å². The van der Waals surface area contributed by atoms with Gasteiger partial charge in [0.05, 0.1) is 81.4 Å². The van der Waals surface area contributed by atoms with E-state index in [9.17, 15) is 24.0 Å². The summed E-state index contributed by atoms with van der Waals surface area (Å²) in [6.45, 7) is 25.4. The molecule has 0 radical (unpaired) electrons. The largest absolute Gasteiger partial charge is 0.495 e. The number of carbonyl (C=O) groups is 2. The maximum atomic E-state index is 15.3. The molecule has 0 bridgehead atoms. The van der Waals surface area contributed by atoms with Crippen LogP contribution in [0.2, 0.25) is 0 Å². The molecule has 22 nitrogen and oxygen atoms in total. The fourth-order valence-corrected chi connectivity index (χ4v) is 17.1. The van der Waals surface area contributed by atoms with Crippen molar-refractivity contribution < 1.29 is 60.8 Å². The molecule has 125 heavy (non-hydrogen) atoms. The van der Waals surface area contributed by atoms with Gasteiger partial charge in [0.1, 0.15) is 46.8 Å². The summed E-state index contributed by atoms with van der Waals surface area (Å²) < 4.78 is 88.4. The lowest BCUT2D eigenvalue weighted by atomic mass is 9.75. The molecule has 0 saturated carbocycles. The van der Waals surface area contributed by atoms with Gasteiger partial charge in [0.2, 0.25) is 0 Å². The zero-order chi connectivity index (χ0) is 89.8. The Labute approximate surface area is 766 Å². The number of nitrogens with zero attached hydrogens (tertiary/aromatic N) is 7. The zero-order valence-corrected chi connectivity index (χ0v) is 79.3. The molecule has 12 aromatic rings. The molecule has 1 N–H and O–H groups in total. The van der Waals surface area contributed by atoms with E-state index in [0.29, 0.717) is 84.7 Å². The van der Waals surface area contributed by atoms with Crippen LogP contribution in [0.3, 0.4) is 0 Å². The normalized spacial score (nSPS) is 16.3. The molecule has 2 aliphatic carbocycles. The summed E-state index contributed by atoms with van der Waals surface area (Å²) in [4.78, 5) is 81.1. The van der Waals surface area contributed by atoms with E-state index in [2.05, 4.69) is 176 Å². The van der Waals surface area contributed by atoms with Crippen LogP contribution in [0, 0.1) is 77.7 Å². The van der Waals surface area contributed by atoms with Crippen molar-refractivity contribution in [3.8, 4) is 85.2 Å². The van der Waals surface area contributed by atoms with Crippen LogP contribution in [-0.4, -0.2) is 104 Å². The Morgan fingerprint density at radius 2 is 0.928 bits per heavy atom. The summed E-state index contributed by atoms with van der Waals surface area (Å²) in [5.41, 5.74) is 22.5. The van der Waals surface area contributed by atoms with E-state index < -0.39 is 30.5 Å². The number of aromatic amines is 1. The summed E-state index contributed by atoms with van der Waals surface area (Å²) in [5.74, 6) is 1.38. The predicted octanol–water partition coefficient (Wildman–Crippen LogP) is 18.9. The maximum absolute atomic E-state index is 15.3. The molecular weight excluding hydrogens is 1930 g/mol. The zero-order valence-electron chi connectivity index (χ0n) is 72.8. The van der Waals surface area contributed by atoms with Crippen LogP contribution in [0.15, 0.2) is 173 Å². The Balaban J connectivity index is 0.000000142. The first-order valence-corrected chi connectivity index (χ1v) is 44.2. The van der Waals surface area contributed by atoms with Crippen molar-refractivity contribution in [3.05, 3.63) is 290 Å². The third kappa shape index (κ3) is 20.8. The number of H-pyrrole nitrogens is 1. The first kappa shape index (κ1) is 92.1. The molecule has 28 heteroatoms. The minimum absolute atomic E-state index is 0.0383. The molecule has 0 unspecified atom stereocenters. The van der Waals surface area contributed by atoms with E-state index in [-0.39, 0.29) is 65.3 Å². The maximum Gasteiger partial charge on any atom is 0.495 e. The molecule has 8 aromatic carbocycles. The summed E-state index contributed by atoms with van der Waals surface area (Å²) in [6, 6.07) is 42.2. The van der Waals surface area contributed by atoms with Crippen molar-refractivity contribution in [3.63, 3.8) is 0 Å². The number of benzene rings is 8. The Hall–Kier alpha value is -10.5. The van der Waals surface area contributed by atoms with Crippen LogP contribution < -0.4 is 46.2 Å². The number of methoxy groups -OCH3 is 3. The van der Waals surface area contributed by atoms with Gasteiger partial charge in [-0.15, -0.1) is 0 Å². The fraction of sp³-hybridized carbons (Fsp3) is 0.320. The van der Waals surface area contributed by atoms with Gasteiger partial charge in [-0.3, -0.25) is 9.59 Å². The minimum atomic E-state index is -0.543. The van der Waals surface area contributed by atoms with Crippen molar-refractivity contribution in [2.45, 2.75) is 157 Å². The standard InChI is InChI=1S/C33H31FN2O5.C26H30BFO6.2C13H13IN2O.C12H11IN2O/c1-18-13-20(27-11-12-36(3)33(38)35-27)14-19(2)31(18)24-7-9-26(34)32-25(24)8-10-28(32)41-22-5-6-23-21(15-30(37)39-4)17-40-29(23)16-22;1-25(2)26(3,4)34-27(33-25)19-9-10-20(28)24-18(19)8-11-21(24)32-16-6-7-17-15(12-23(29)30-5)14-31-22(17)13-16;1-8-6-10(7-9(2)12(8)14)11-4-5-16(3)13(17)15-11;1-8-6-10(7-9(2)12(8)14)11-4-5-15-13(16-11)17-3;1-7-5-9(6-8(2)11(7)13)10-3-4-14-12(16)15-10/h5-7,9,11-14,16,21,28H,8,10,15,17H2,1-4H3;6-7,9-10,13,15,21H,8,11-12,14H2,1-5H3;2*4-7H,1-3H3;3-6H,1-2H3,(H,14,15,16)/t21-,28-;15-,21-;;;/m11.../s1. The van der Waals surface area contributed by atoms with Crippen molar-refractivity contribution in [2.24, 2.45) is 14.1 Å². The van der Waals surface area contributed by atoms with Crippen LogP contribution in [0.4, 0.5) is 8.78 Å². The molecular formula is C97H98BF2I3N8O14. The molecule has 1 fully saturated rings. The van der Waals surface area contributed by atoms with Crippen LogP contribution in [0.5, 0.6) is 29.0 Å². The highest BCUT2D eigenvalue weighted by molar-refractivity contribution is 14.1. The lowest BCUT2D eigenvalue weighted by Gasteiger charge is -2.32. The lowest BCUT2D eigenvalue weighted by molar-refractivity contribution is -0.142. The van der Waals surface area contributed by atoms with Gasteiger partial charge in [-0.25, -0.2) is 33.1 Å². The van der Waals surface area contributed by atoms with Crippen molar-refractivity contribution in [1.29, 1.82) is 0 Å². The third-order valence-corrected chi connectivity index (χ3v) is 28.5. The second-order valence-corrected chi connectivity index (χ2v) is 36.0. The van der Waals surface area contributed by atoms with E-state index in [1.807, 2.05) is 120 Å². The number of aromatic nitrogens is 8. The molecule has 648 valence electrons. The van der Waals surface area contributed by atoms with Gasteiger partial charge >= 0.3 is 42.1 Å². The SMILES string of the molecule is COC(=O)C[C@@H]1COc2cc(O[C@@H]3CCc4c(-c5c(C)cc(-c6ccn(C)c(=O)n6)cc5C)ccc(F)c43)ccc21.COC(=O)C[C@@H]1COc2cc(O[C@@H]3CCc4c(B5OC(C)(C)C(C)(C)O5)ccc(F)c43)ccc21.COc1nccc(-c2cc(C)c(I)c(C)c2)n1.Cc1cc(-c2ccn(C)c(=O)n2)cc(C)c1I.Cc1cc(-c2ccnc(=O)[nH]2)cc(C)c1I. The summed E-state index contributed by atoms with van der Waals surface area (Å²) in [5, 5.41) is 0. The highest BCUT2D eigenvalue weighted by Gasteiger charge is 2.53. The molecule has 1 saturated heterocycles. The average molecular weight is 2030 g/mol. The number of aryl methyl sites for hydroxylation is 10. The second kappa shape index (κ2) is 39.1. The highest BCUT2D eigenvalue weighted by Crippen LogP contribution is 2.48. The number of fused-ring (bicyclic) bond motifs is 4. The smallest absolute Gasteiger partial charge is 0.492 e. The summed E-state index contributed by atoms with van der Waals surface area (Å²) >= 11 is 7.02. The van der Waals surface area contributed by atoms with Crippen molar-refractivity contribution in [2.75, 3.05) is 34.5 Å². The second-order valence-electron chi connectivity index (χ2n) is 32.8. The number of carbonyl (C=O) groups excluding carboxylic acids is 2. The lowest BCUT2D eigenvalue weighted by Crippen LogP contribution is -2.41. The number of nitrogens with one attached hydrogen (secondary N) is 1. The molecule has 0 spiro atoms. The van der Waals surface area contributed by atoms with Crippen LogP contribution >= 0.6 is 67.8 Å². The number of halogens is 5. The third-order valence-electron chi connectivity index (χ3n) is 23.4. The molecule has 0 amide bonds. The molecule has 5 aliphatic rings. The highest BCUT2D eigenvalue weighted by atomic mass is 127. The molecule has 17 rings (SSSR count). The van der Waals surface area contributed by atoms with Gasteiger partial charge in [-0.2, -0.15) is 15.0 Å². The van der Waals surface area contributed by atoms with Gasteiger partial charge in [0.15, 0.2) is 0 Å². The minimum Gasteiger partial charge on any atom is -0.492 e. The van der Waals surface area contributed by atoms with Crippen LogP contribution in [0.1, 0.15) is 155 Å². The molecule has 3 aliphatic heterocycles. The quantitative estimate of drug-likeness (QED) is 0.0568. The number of hydrogen-bond donors (Lipinski definition) is 1. The van der Waals surface area contributed by atoms with Gasteiger partial charge < -0.3 is 56.6 Å². The number of rotatable bonds is 15. The monoisotopic (exact) mass is 2030 g/mol. The van der Waals surface area contributed by atoms with Crippen molar-refractivity contribution in [1.82, 2.24) is 39.0 Å². The Bertz CT molecular complexity index is 6230. The van der Waals surface area contributed by atoms with Gasteiger partial charge in [-0.05, 0) is 351 Å². The molecule has 4 atom stereocenters. The van der Waals surface area contributed by atoms with Gasteiger partial charge in [-0.1, -0.05) is 24.3 Å². The number of ether oxygens (including phenoxy) is 7. The Morgan fingerprint density at radius 3 is 1.37 bits per heavy atom. The van der Waals surface area contributed by atoms with Gasteiger partial charge in [0.25, 0.3) is 0 Å². The number of esters is 2. The first-order valence-electron chi connectivity index (χ1n) is 40.9. The van der Waals surface area contributed by atoms with E-state index in [1.165, 1.54) is 85.8 Å². The summed E-state index contributed by atoms with van der Waals surface area (Å²) in [7, 11) is 7.16.